The Balaban J connectivity index is 2.01. The first-order valence-corrected chi connectivity index (χ1v) is 10.3. The lowest BCUT2D eigenvalue weighted by atomic mass is 10.0. The Morgan fingerprint density at radius 3 is 2.83 bits per heavy atom. The maximum absolute atomic E-state index is 12.8. The number of hydrogen-bond donors (Lipinski definition) is 0. The first kappa shape index (κ1) is 16.7. The van der Waals surface area contributed by atoms with Crippen molar-refractivity contribution in [2.45, 2.75) is 44.6 Å². The van der Waals surface area contributed by atoms with E-state index in [0.29, 0.717) is 30.4 Å². The molecule has 126 valence electrons. The van der Waals surface area contributed by atoms with E-state index in [4.69, 9.17) is 0 Å². The topological polar surface area (TPSA) is 59.4 Å². The van der Waals surface area contributed by atoms with Gasteiger partial charge in [0.05, 0.1) is 15.1 Å². The highest BCUT2D eigenvalue weighted by atomic mass is 32.2. The Labute approximate surface area is 140 Å². The summed E-state index contributed by atoms with van der Waals surface area (Å²) in [7, 11) is -3.47. The second kappa shape index (κ2) is 6.37. The molecule has 0 aliphatic carbocycles. The summed E-state index contributed by atoms with van der Waals surface area (Å²) in [5.41, 5.74) is 0.827. The zero-order chi connectivity index (χ0) is 16.6. The highest BCUT2D eigenvalue weighted by molar-refractivity contribution is 7.89. The lowest BCUT2D eigenvalue weighted by Gasteiger charge is -2.30. The molecular weight excluding hydrogens is 332 g/mol. The summed E-state index contributed by atoms with van der Waals surface area (Å²) in [6, 6.07) is 5.06. The molecular formula is C16H22N2O3S2. The predicted octanol–water partition coefficient (Wildman–Crippen LogP) is 2.89. The molecule has 1 aliphatic rings. The highest BCUT2D eigenvalue weighted by Crippen LogP contribution is 2.27. The third-order valence-electron chi connectivity index (χ3n) is 4.34. The minimum atomic E-state index is -3.47. The smallest absolute Gasteiger partial charge is 0.299 e. The largest absolute Gasteiger partial charge is 0.308 e. The van der Waals surface area contributed by atoms with Gasteiger partial charge in [0.2, 0.25) is 10.0 Å². The van der Waals surface area contributed by atoms with Crippen LogP contribution in [0.5, 0.6) is 0 Å². The van der Waals surface area contributed by atoms with Crippen LogP contribution in [-0.4, -0.2) is 30.4 Å². The number of aryl methyl sites for hydroxylation is 1. The van der Waals surface area contributed by atoms with Crippen molar-refractivity contribution in [1.29, 1.82) is 0 Å². The van der Waals surface area contributed by atoms with E-state index < -0.39 is 10.0 Å². The van der Waals surface area contributed by atoms with Crippen molar-refractivity contribution in [3.63, 3.8) is 0 Å². The highest BCUT2D eigenvalue weighted by Gasteiger charge is 2.29. The molecule has 1 fully saturated rings. The molecule has 0 amide bonds. The minimum Gasteiger partial charge on any atom is -0.299 e. The lowest BCUT2D eigenvalue weighted by Crippen LogP contribution is -2.39. The Morgan fingerprint density at radius 2 is 2.13 bits per heavy atom. The number of rotatable bonds is 4. The van der Waals surface area contributed by atoms with E-state index >= 15 is 0 Å². The van der Waals surface area contributed by atoms with Crippen LogP contribution < -0.4 is 4.87 Å². The minimum absolute atomic E-state index is 0.0250. The molecule has 0 N–H and O–H groups in total. The van der Waals surface area contributed by atoms with Gasteiger partial charge >= 0.3 is 4.87 Å². The molecule has 0 spiro atoms. The quantitative estimate of drug-likeness (QED) is 0.848. The number of thiazole rings is 1. The molecule has 2 aromatic rings. The fraction of sp³-hybridized carbons (Fsp3) is 0.562. The van der Waals surface area contributed by atoms with E-state index in [1.54, 1.807) is 27.1 Å². The Hall–Kier alpha value is -1.18. The van der Waals surface area contributed by atoms with Crippen LogP contribution in [0, 0.1) is 5.92 Å². The van der Waals surface area contributed by atoms with Gasteiger partial charge in [-0.15, -0.1) is 0 Å². The fourth-order valence-corrected chi connectivity index (χ4v) is 5.81. The Bertz CT molecular complexity index is 867. The van der Waals surface area contributed by atoms with Gasteiger partial charge in [0.15, 0.2) is 0 Å². The number of hydrogen-bond acceptors (Lipinski definition) is 4. The number of benzene rings is 1. The van der Waals surface area contributed by atoms with Crippen LogP contribution in [0.2, 0.25) is 0 Å². The van der Waals surface area contributed by atoms with Crippen LogP contribution in [0.4, 0.5) is 0 Å². The van der Waals surface area contributed by atoms with Gasteiger partial charge < -0.3 is 0 Å². The molecule has 5 nitrogen and oxygen atoms in total. The summed E-state index contributed by atoms with van der Waals surface area (Å²) in [6.07, 6.45) is 2.85. The maximum atomic E-state index is 12.8. The third kappa shape index (κ3) is 3.09. The average Bonchev–Trinajstić information content (AvgIpc) is 2.83. The summed E-state index contributed by atoms with van der Waals surface area (Å²) in [5.74, 6) is 0.393. The normalized spacial score (nSPS) is 20.2. The molecule has 0 radical (unpaired) electrons. The Kier molecular flexibility index (Phi) is 4.62. The molecule has 7 heteroatoms. The van der Waals surface area contributed by atoms with Gasteiger partial charge in [0.25, 0.3) is 0 Å². The predicted molar refractivity (Wildman–Crippen MR) is 93.5 cm³/mol. The second-order valence-corrected chi connectivity index (χ2v) is 9.19. The van der Waals surface area contributed by atoms with E-state index in [1.807, 2.05) is 6.92 Å². The van der Waals surface area contributed by atoms with E-state index in [1.165, 1.54) is 0 Å². The van der Waals surface area contributed by atoms with Crippen LogP contribution in [0.3, 0.4) is 0 Å². The van der Waals surface area contributed by atoms with Gasteiger partial charge in [-0.3, -0.25) is 9.36 Å². The summed E-state index contributed by atoms with van der Waals surface area (Å²) >= 11 is 1.12. The maximum Gasteiger partial charge on any atom is 0.308 e. The summed E-state index contributed by atoms with van der Waals surface area (Å²) in [6.45, 7) is 5.92. The van der Waals surface area contributed by atoms with Crippen molar-refractivity contribution in [3.05, 3.63) is 27.9 Å². The number of piperidine rings is 1. The number of nitrogens with zero attached hydrogens (tertiary/aromatic N) is 2. The van der Waals surface area contributed by atoms with E-state index in [9.17, 15) is 13.2 Å². The van der Waals surface area contributed by atoms with Crippen LogP contribution in [-0.2, 0) is 16.6 Å². The van der Waals surface area contributed by atoms with Gasteiger partial charge in [-0.2, -0.15) is 4.31 Å². The van der Waals surface area contributed by atoms with E-state index in [-0.39, 0.29) is 4.87 Å². The summed E-state index contributed by atoms with van der Waals surface area (Å²) in [4.78, 5) is 12.3. The molecule has 1 saturated heterocycles. The molecule has 23 heavy (non-hydrogen) atoms. The van der Waals surface area contributed by atoms with Crippen LogP contribution in [0.1, 0.15) is 33.1 Å². The van der Waals surface area contributed by atoms with Crippen molar-refractivity contribution in [2.24, 2.45) is 5.92 Å². The second-order valence-electron chi connectivity index (χ2n) is 6.26. The molecule has 1 atom stereocenters. The number of fused-ring (bicyclic) bond motifs is 1. The standard InChI is InChI=1S/C16H22N2O3S2/c1-3-8-18-14-7-6-13(10-15(14)22-16(18)19)23(20,21)17-9-4-5-12(2)11-17/h6-7,10,12H,3-5,8-9,11H2,1-2H3/t12-/m1/s1. The van der Waals surface area contributed by atoms with Crippen molar-refractivity contribution in [3.8, 4) is 0 Å². The zero-order valence-electron chi connectivity index (χ0n) is 13.5. The number of sulfonamides is 1. The average molecular weight is 354 g/mol. The van der Waals surface area contributed by atoms with Crippen molar-refractivity contribution >= 4 is 31.6 Å². The lowest BCUT2D eigenvalue weighted by molar-refractivity contribution is 0.281. The van der Waals surface area contributed by atoms with E-state index in [0.717, 1.165) is 40.8 Å². The molecule has 1 aromatic carbocycles. The first-order chi connectivity index (χ1) is 10.9. The van der Waals surface area contributed by atoms with Crippen LogP contribution in [0.15, 0.2) is 27.9 Å². The monoisotopic (exact) mass is 354 g/mol. The fourth-order valence-electron chi connectivity index (χ4n) is 3.16. The molecule has 0 bridgehead atoms. The first-order valence-electron chi connectivity index (χ1n) is 8.07. The van der Waals surface area contributed by atoms with Gasteiger partial charge in [-0.1, -0.05) is 25.2 Å². The third-order valence-corrected chi connectivity index (χ3v) is 7.15. The molecule has 3 rings (SSSR count). The van der Waals surface area contributed by atoms with Crippen molar-refractivity contribution < 1.29 is 8.42 Å². The van der Waals surface area contributed by atoms with Gasteiger partial charge in [-0.25, -0.2) is 8.42 Å². The van der Waals surface area contributed by atoms with Crippen LogP contribution >= 0.6 is 11.3 Å². The van der Waals surface area contributed by atoms with Crippen LogP contribution in [0.25, 0.3) is 10.2 Å². The van der Waals surface area contributed by atoms with Gasteiger partial charge in [0, 0.05) is 19.6 Å². The SMILES string of the molecule is CCCn1c(=O)sc2cc(S(=O)(=O)N3CCC[C@@H](C)C3)ccc21. The summed E-state index contributed by atoms with van der Waals surface area (Å²) in [5, 5.41) is 0. The Morgan fingerprint density at radius 1 is 1.35 bits per heavy atom. The molecule has 1 aliphatic heterocycles. The van der Waals surface area contributed by atoms with Gasteiger partial charge in [-0.05, 0) is 43.4 Å². The van der Waals surface area contributed by atoms with Crippen molar-refractivity contribution in [2.75, 3.05) is 13.1 Å². The molecule has 0 saturated carbocycles. The molecule has 2 heterocycles. The molecule has 0 unspecified atom stereocenters. The van der Waals surface area contributed by atoms with E-state index in [2.05, 4.69) is 6.92 Å². The number of aromatic nitrogens is 1. The zero-order valence-corrected chi connectivity index (χ0v) is 15.1. The van der Waals surface area contributed by atoms with Gasteiger partial charge in [0.1, 0.15) is 0 Å². The molecule has 1 aromatic heterocycles. The summed E-state index contributed by atoms with van der Waals surface area (Å²) < 4.78 is 29.7. The van der Waals surface area contributed by atoms with Crippen molar-refractivity contribution in [1.82, 2.24) is 8.87 Å².